The molecule has 0 unspecified atom stereocenters. The molecular weight excluding hydrogens is 364 g/mol. The number of hydrogen-bond acceptors (Lipinski definition) is 5. The van der Waals surface area contributed by atoms with Gasteiger partial charge in [0.25, 0.3) is 5.91 Å². The van der Waals surface area contributed by atoms with Crippen LogP contribution in [0.1, 0.15) is 23.0 Å². The molecule has 0 fully saturated rings. The minimum atomic E-state index is -0.373. The monoisotopic (exact) mass is 382 g/mol. The van der Waals surface area contributed by atoms with Gasteiger partial charge in [0.2, 0.25) is 0 Å². The lowest BCUT2D eigenvalue weighted by Gasteiger charge is -2.09. The lowest BCUT2D eigenvalue weighted by atomic mass is 10.1. The Morgan fingerprint density at radius 2 is 1.81 bits per heavy atom. The molecule has 7 heteroatoms. The third-order valence-electron chi connectivity index (χ3n) is 3.93. The average molecular weight is 383 g/mol. The number of methoxy groups -OCH3 is 1. The molecule has 27 heavy (non-hydrogen) atoms. The van der Waals surface area contributed by atoms with E-state index in [1.165, 1.54) is 25.1 Å². The summed E-state index contributed by atoms with van der Waals surface area (Å²) in [6.45, 7) is 2.11. The van der Waals surface area contributed by atoms with Gasteiger partial charge in [0.1, 0.15) is 17.3 Å². The summed E-state index contributed by atoms with van der Waals surface area (Å²) >= 11 is 6.06. The third-order valence-corrected chi connectivity index (χ3v) is 4.22. The predicted molar refractivity (Wildman–Crippen MR) is 107 cm³/mol. The Labute approximate surface area is 162 Å². The summed E-state index contributed by atoms with van der Waals surface area (Å²) in [5, 5.41) is 6.30. The van der Waals surface area contributed by atoms with Crippen LogP contribution in [0.25, 0.3) is 0 Å². The number of halogens is 1. The smallest absolute Gasteiger partial charge is 0.275 e. The Morgan fingerprint density at radius 1 is 1.07 bits per heavy atom. The van der Waals surface area contributed by atoms with Crippen molar-refractivity contribution in [3.63, 3.8) is 0 Å². The number of carbonyl (C=O) groups is 1. The van der Waals surface area contributed by atoms with E-state index in [9.17, 15) is 4.79 Å². The van der Waals surface area contributed by atoms with Gasteiger partial charge in [-0.2, -0.15) is 0 Å². The molecule has 1 aromatic heterocycles. The average Bonchev–Trinajstić information content (AvgIpc) is 2.69. The predicted octanol–water partition coefficient (Wildman–Crippen LogP) is 4.70. The zero-order valence-corrected chi connectivity index (χ0v) is 15.7. The maximum Gasteiger partial charge on any atom is 0.275 e. The number of amides is 1. The minimum Gasteiger partial charge on any atom is -0.495 e. The summed E-state index contributed by atoms with van der Waals surface area (Å²) < 4.78 is 5.09. The molecule has 6 nitrogen and oxygen atoms in total. The molecule has 0 bridgehead atoms. The van der Waals surface area contributed by atoms with Crippen LogP contribution in [0.4, 0.5) is 17.2 Å². The molecule has 3 rings (SSSR count). The van der Waals surface area contributed by atoms with E-state index < -0.39 is 0 Å². The molecule has 0 spiro atoms. The lowest BCUT2D eigenvalue weighted by molar-refractivity contribution is 0.102. The fourth-order valence-electron chi connectivity index (χ4n) is 2.42. The first-order chi connectivity index (χ1) is 13.1. The quantitative estimate of drug-likeness (QED) is 0.646. The van der Waals surface area contributed by atoms with Gasteiger partial charge in [0, 0.05) is 11.4 Å². The fraction of sp³-hybridized carbons (Fsp3) is 0.150. The number of anilines is 3. The molecule has 138 valence electrons. The van der Waals surface area contributed by atoms with Crippen LogP contribution in [0.2, 0.25) is 5.02 Å². The van der Waals surface area contributed by atoms with Crippen LogP contribution in [0.5, 0.6) is 5.75 Å². The second-order valence-electron chi connectivity index (χ2n) is 5.77. The molecule has 1 amide bonds. The van der Waals surface area contributed by atoms with E-state index in [1.807, 2.05) is 12.1 Å². The number of nitrogens with zero attached hydrogens (tertiary/aromatic N) is 2. The highest BCUT2D eigenvalue weighted by Gasteiger charge is 2.10. The molecular formula is C20H19ClN4O2. The first-order valence-electron chi connectivity index (χ1n) is 8.42. The Balaban J connectivity index is 1.65. The van der Waals surface area contributed by atoms with Crippen LogP contribution in [0.3, 0.4) is 0 Å². The summed E-state index contributed by atoms with van der Waals surface area (Å²) in [7, 11) is 1.53. The summed E-state index contributed by atoms with van der Waals surface area (Å²) in [6.07, 6.45) is 3.93. The highest BCUT2D eigenvalue weighted by atomic mass is 35.5. The first kappa shape index (κ1) is 18.7. The molecule has 0 atom stereocenters. The number of hydrogen-bond donors (Lipinski definition) is 2. The Morgan fingerprint density at radius 3 is 2.41 bits per heavy atom. The van der Waals surface area contributed by atoms with Crippen molar-refractivity contribution in [1.29, 1.82) is 0 Å². The molecule has 2 aromatic carbocycles. The van der Waals surface area contributed by atoms with E-state index in [0.29, 0.717) is 22.3 Å². The van der Waals surface area contributed by atoms with Gasteiger partial charge in [-0.25, -0.2) is 9.97 Å². The second kappa shape index (κ2) is 8.51. The van der Waals surface area contributed by atoms with Crippen LogP contribution < -0.4 is 15.4 Å². The molecule has 1 heterocycles. The van der Waals surface area contributed by atoms with Gasteiger partial charge in [-0.1, -0.05) is 30.7 Å². The zero-order valence-electron chi connectivity index (χ0n) is 15.0. The van der Waals surface area contributed by atoms with Crippen molar-refractivity contribution in [3.05, 3.63) is 71.1 Å². The minimum absolute atomic E-state index is 0.203. The second-order valence-corrected chi connectivity index (χ2v) is 6.17. The van der Waals surface area contributed by atoms with Gasteiger partial charge in [-0.15, -0.1) is 0 Å². The first-order valence-corrected chi connectivity index (χ1v) is 8.79. The summed E-state index contributed by atoms with van der Waals surface area (Å²) in [5.41, 5.74) is 2.92. The highest BCUT2D eigenvalue weighted by molar-refractivity contribution is 6.32. The number of aromatic nitrogens is 2. The van der Waals surface area contributed by atoms with Crippen molar-refractivity contribution in [2.45, 2.75) is 13.3 Å². The molecule has 0 saturated carbocycles. The van der Waals surface area contributed by atoms with E-state index in [4.69, 9.17) is 16.3 Å². The van der Waals surface area contributed by atoms with Crippen molar-refractivity contribution in [3.8, 4) is 5.75 Å². The van der Waals surface area contributed by atoms with Gasteiger partial charge in [-0.3, -0.25) is 4.79 Å². The largest absolute Gasteiger partial charge is 0.495 e. The third kappa shape index (κ3) is 4.74. The highest BCUT2D eigenvalue weighted by Crippen LogP contribution is 2.27. The summed E-state index contributed by atoms with van der Waals surface area (Å²) in [4.78, 5) is 20.7. The SMILES string of the molecule is CCc1ccc(Nc2cnc(C(=O)Nc3ccc(OC)c(Cl)c3)cn2)cc1. The maximum atomic E-state index is 12.3. The van der Waals surface area contributed by atoms with Crippen molar-refractivity contribution >= 4 is 34.7 Å². The van der Waals surface area contributed by atoms with E-state index in [0.717, 1.165) is 12.1 Å². The van der Waals surface area contributed by atoms with Gasteiger partial charge in [-0.05, 0) is 42.3 Å². The molecule has 0 aliphatic heterocycles. The van der Waals surface area contributed by atoms with Crippen molar-refractivity contribution in [2.75, 3.05) is 17.7 Å². The van der Waals surface area contributed by atoms with Crippen molar-refractivity contribution < 1.29 is 9.53 Å². The van der Waals surface area contributed by atoms with E-state index in [1.54, 1.807) is 18.2 Å². The van der Waals surface area contributed by atoms with Gasteiger partial charge >= 0.3 is 0 Å². The number of carbonyl (C=O) groups excluding carboxylic acids is 1. The molecule has 0 aliphatic carbocycles. The van der Waals surface area contributed by atoms with Gasteiger partial charge in [0.05, 0.1) is 24.5 Å². The zero-order chi connectivity index (χ0) is 19.2. The number of nitrogens with one attached hydrogen (secondary N) is 2. The molecule has 0 saturated heterocycles. The number of benzene rings is 2. The standard InChI is InChI=1S/C20H19ClN4O2/c1-3-13-4-6-14(7-5-13)24-19-12-22-17(11-23-19)20(26)25-15-8-9-18(27-2)16(21)10-15/h4-12H,3H2,1-2H3,(H,23,24)(H,25,26). The number of rotatable bonds is 6. The molecule has 0 radical (unpaired) electrons. The van der Waals surface area contributed by atoms with Crippen LogP contribution in [-0.2, 0) is 6.42 Å². The summed E-state index contributed by atoms with van der Waals surface area (Å²) in [6, 6.07) is 13.1. The lowest BCUT2D eigenvalue weighted by Crippen LogP contribution is -2.14. The number of aryl methyl sites for hydroxylation is 1. The van der Waals surface area contributed by atoms with Crippen LogP contribution in [0, 0.1) is 0 Å². The normalized spacial score (nSPS) is 10.3. The topological polar surface area (TPSA) is 76.1 Å². The van der Waals surface area contributed by atoms with Crippen molar-refractivity contribution in [2.24, 2.45) is 0 Å². The number of ether oxygens (including phenoxy) is 1. The van der Waals surface area contributed by atoms with E-state index in [2.05, 4.69) is 39.7 Å². The van der Waals surface area contributed by atoms with E-state index >= 15 is 0 Å². The van der Waals surface area contributed by atoms with E-state index in [-0.39, 0.29) is 11.6 Å². The van der Waals surface area contributed by atoms with Gasteiger partial charge < -0.3 is 15.4 Å². The Kier molecular flexibility index (Phi) is 5.88. The maximum absolute atomic E-state index is 12.3. The molecule has 3 aromatic rings. The molecule has 0 aliphatic rings. The van der Waals surface area contributed by atoms with Crippen molar-refractivity contribution in [1.82, 2.24) is 9.97 Å². The summed E-state index contributed by atoms with van der Waals surface area (Å²) in [5.74, 6) is 0.725. The van der Waals surface area contributed by atoms with Crippen LogP contribution in [-0.4, -0.2) is 23.0 Å². The fourth-order valence-corrected chi connectivity index (χ4v) is 2.68. The Hall–Kier alpha value is -3.12. The van der Waals surface area contributed by atoms with Crippen LogP contribution >= 0.6 is 11.6 Å². The Bertz CT molecular complexity index is 928. The van der Waals surface area contributed by atoms with Crippen LogP contribution in [0.15, 0.2) is 54.9 Å². The molecule has 2 N–H and O–H groups in total. The van der Waals surface area contributed by atoms with Gasteiger partial charge in [0.15, 0.2) is 0 Å².